The number of imidazole rings is 1. The number of fused-ring (bicyclic) bond motifs is 2. The largest absolute Gasteiger partial charge is 0.304 e. The van der Waals surface area contributed by atoms with E-state index in [-0.39, 0.29) is 5.56 Å². The van der Waals surface area contributed by atoms with Crippen LogP contribution < -0.4 is 5.56 Å². The van der Waals surface area contributed by atoms with E-state index in [0.717, 1.165) is 5.69 Å². The molecule has 0 saturated carbocycles. The standard InChI is InChI=1S/C17H12Cl2N4OS/c1-22-16(24)12-4-2-3-5-14(12)21-17(22)25-9-11-8-23-7-10(18)6-13(19)15(23)20-11/h2-8H,9H2,1H3. The third-order valence-electron chi connectivity index (χ3n) is 3.81. The first-order valence-corrected chi connectivity index (χ1v) is 9.18. The van der Waals surface area contributed by atoms with Crippen molar-refractivity contribution in [2.75, 3.05) is 0 Å². The second-order valence-corrected chi connectivity index (χ2v) is 7.32. The fraction of sp³-hybridized carbons (Fsp3) is 0.118. The number of aromatic nitrogens is 4. The Morgan fingerprint density at radius 1 is 1.16 bits per heavy atom. The molecule has 0 aliphatic heterocycles. The number of pyridine rings is 1. The average Bonchev–Trinajstić information content (AvgIpc) is 3.00. The van der Waals surface area contributed by atoms with E-state index in [1.54, 1.807) is 34.3 Å². The van der Waals surface area contributed by atoms with E-state index >= 15 is 0 Å². The quantitative estimate of drug-likeness (QED) is 0.388. The van der Waals surface area contributed by atoms with Crippen molar-refractivity contribution in [3.8, 4) is 0 Å². The van der Waals surface area contributed by atoms with E-state index in [9.17, 15) is 4.79 Å². The second kappa shape index (κ2) is 6.37. The van der Waals surface area contributed by atoms with Gasteiger partial charge in [0.1, 0.15) is 0 Å². The number of hydrogen-bond donors (Lipinski definition) is 0. The minimum absolute atomic E-state index is 0.0575. The molecule has 0 N–H and O–H groups in total. The molecule has 0 spiro atoms. The summed E-state index contributed by atoms with van der Waals surface area (Å²) in [6, 6.07) is 9.00. The van der Waals surface area contributed by atoms with Gasteiger partial charge >= 0.3 is 0 Å². The fourth-order valence-corrected chi connectivity index (χ4v) is 3.99. The van der Waals surface area contributed by atoms with E-state index in [1.165, 1.54) is 11.8 Å². The summed E-state index contributed by atoms with van der Waals surface area (Å²) in [5.74, 6) is 0.564. The molecule has 1 aromatic carbocycles. The van der Waals surface area contributed by atoms with Crippen LogP contribution in [0.15, 0.2) is 52.7 Å². The molecule has 0 fully saturated rings. The van der Waals surface area contributed by atoms with Crippen molar-refractivity contribution in [3.63, 3.8) is 0 Å². The molecule has 126 valence electrons. The summed E-state index contributed by atoms with van der Waals surface area (Å²) < 4.78 is 3.36. The molecule has 3 heterocycles. The first-order chi connectivity index (χ1) is 12.0. The fourth-order valence-electron chi connectivity index (χ4n) is 2.61. The van der Waals surface area contributed by atoms with Gasteiger partial charge in [-0.1, -0.05) is 47.1 Å². The summed E-state index contributed by atoms with van der Waals surface area (Å²) in [6.07, 6.45) is 3.63. The Morgan fingerprint density at radius 3 is 2.80 bits per heavy atom. The zero-order valence-electron chi connectivity index (χ0n) is 13.1. The predicted molar refractivity (Wildman–Crippen MR) is 102 cm³/mol. The summed E-state index contributed by atoms with van der Waals surface area (Å²) in [7, 11) is 1.73. The van der Waals surface area contributed by atoms with E-state index < -0.39 is 0 Å². The molecule has 0 radical (unpaired) electrons. The number of thioether (sulfide) groups is 1. The Hall–Kier alpha value is -2.02. The lowest BCUT2D eigenvalue weighted by molar-refractivity contribution is 0.726. The minimum atomic E-state index is -0.0575. The zero-order chi connectivity index (χ0) is 17.6. The van der Waals surface area contributed by atoms with Crippen LogP contribution in [-0.2, 0) is 12.8 Å². The second-order valence-electron chi connectivity index (χ2n) is 5.53. The molecule has 0 aliphatic rings. The highest BCUT2D eigenvalue weighted by atomic mass is 35.5. The number of rotatable bonds is 3. The number of nitrogens with zero attached hydrogens (tertiary/aromatic N) is 4. The molecule has 8 heteroatoms. The van der Waals surface area contributed by atoms with Gasteiger partial charge in [0, 0.05) is 25.2 Å². The molecule has 4 aromatic rings. The van der Waals surface area contributed by atoms with Gasteiger partial charge in [0.2, 0.25) is 0 Å². The van der Waals surface area contributed by atoms with Gasteiger partial charge in [-0.3, -0.25) is 9.36 Å². The Kier molecular flexibility index (Phi) is 4.19. The number of benzene rings is 1. The molecule has 25 heavy (non-hydrogen) atoms. The van der Waals surface area contributed by atoms with E-state index in [2.05, 4.69) is 9.97 Å². The van der Waals surface area contributed by atoms with Crippen LogP contribution in [0, 0.1) is 0 Å². The molecule has 5 nitrogen and oxygen atoms in total. The van der Waals surface area contributed by atoms with Gasteiger partial charge in [-0.25, -0.2) is 9.97 Å². The third kappa shape index (κ3) is 3.01. The number of hydrogen-bond acceptors (Lipinski definition) is 4. The molecule has 0 saturated heterocycles. The SMILES string of the molecule is Cn1c(SCc2cn3cc(Cl)cc(Cl)c3n2)nc2ccccc2c1=O. The molecule has 0 atom stereocenters. The Balaban J connectivity index is 1.67. The van der Waals surface area contributed by atoms with Crippen LogP contribution in [0.2, 0.25) is 10.0 Å². The average molecular weight is 391 g/mol. The maximum Gasteiger partial charge on any atom is 0.261 e. The monoisotopic (exact) mass is 390 g/mol. The van der Waals surface area contributed by atoms with Crippen molar-refractivity contribution >= 4 is 51.5 Å². The summed E-state index contributed by atoms with van der Waals surface area (Å²) in [6.45, 7) is 0. The normalized spacial score (nSPS) is 11.5. The Bertz CT molecular complexity index is 1170. The van der Waals surface area contributed by atoms with Crippen LogP contribution in [0.5, 0.6) is 0 Å². The van der Waals surface area contributed by atoms with Gasteiger partial charge in [-0.2, -0.15) is 0 Å². The van der Waals surface area contributed by atoms with Crippen LogP contribution >= 0.6 is 35.0 Å². The smallest absolute Gasteiger partial charge is 0.261 e. The lowest BCUT2D eigenvalue weighted by atomic mass is 10.2. The lowest BCUT2D eigenvalue weighted by Gasteiger charge is -2.07. The van der Waals surface area contributed by atoms with Gasteiger partial charge < -0.3 is 4.40 Å². The Labute approximate surface area is 157 Å². The number of halogens is 2. The van der Waals surface area contributed by atoms with Crippen LogP contribution in [0.25, 0.3) is 16.6 Å². The molecule has 0 bridgehead atoms. The highest BCUT2D eigenvalue weighted by Crippen LogP contribution is 2.25. The van der Waals surface area contributed by atoms with Gasteiger partial charge in [0.15, 0.2) is 10.8 Å². The topological polar surface area (TPSA) is 52.2 Å². The van der Waals surface area contributed by atoms with E-state index in [0.29, 0.717) is 37.5 Å². The van der Waals surface area contributed by atoms with Crippen molar-refractivity contribution in [2.45, 2.75) is 10.9 Å². The summed E-state index contributed by atoms with van der Waals surface area (Å²) in [5, 5.41) is 2.31. The van der Waals surface area contributed by atoms with Crippen LogP contribution in [0.3, 0.4) is 0 Å². The van der Waals surface area contributed by atoms with Crippen LogP contribution in [0.1, 0.15) is 5.69 Å². The van der Waals surface area contributed by atoms with Crippen molar-refractivity contribution in [2.24, 2.45) is 7.05 Å². The molecular formula is C17H12Cl2N4OS. The summed E-state index contributed by atoms with van der Waals surface area (Å²) in [4.78, 5) is 21.5. The van der Waals surface area contributed by atoms with Crippen LogP contribution in [-0.4, -0.2) is 18.9 Å². The third-order valence-corrected chi connectivity index (χ3v) is 5.36. The van der Waals surface area contributed by atoms with Crippen molar-refractivity contribution in [1.82, 2.24) is 18.9 Å². The van der Waals surface area contributed by atoms with Gasteiger partial charge in [-0.05, 0) is 18.2 Å². The first kappa shape index (κ1) is 16.4. The maximum absolute atomic E-state index is 12.4. The molecule has 4 rings (SSSR count). The van der Waals surface area contributed by atoms with Crippen molar-refractivity contribution < 1.29 is 0 Å². The van der Waals surface area contributed by atoms with E-state index in [4.69, 9.17) is 23.2 Å². The van der Waals surface area contributed by atoms with E-state index in [1.807, 2.05) is 24.4 Å². The van der Waals surface area contributed by atoms with Crippen molar-refractivity contribution in [1.29, 1.82) is 0 Å². The van der Waals surface area contributed by atoms with Gasteiger partial charge in [0.25, 0.3) is 5.56 Å². The van der Waals surface area contributed by atoms with Gasteiger partial charge in [-0.15, -0.1) is 0 Å². The molecule has 0 aliphatic carbocycles. The lowest BCUT2D eigenvalue weighted by Crippen LogP contribution is -2.19. The highest BCUT2D eigenvalue weighted by molar-refractivity contribution is 7.98. The molecule has 0 unspecified atom stereocenters. The van der Waals surface area contributed by atoms with Gasteiger partial charge in [0.05, 0.1) is 26.6 Å². The molecular weight excluding hydrogens is 379 g/mol. The first-order valence-electron chi connectivity index (χ1n) is 7.44. The molecule has 0 amide bonds. The summed E-state index contributed by atoms with van der Waals surface area (Å²) in [5.41, 5.74) is 2.12. The van der Waals surface area contributed by atoms with Crippen molar-refractivity contribution in [3.05, 3.63) is 68.8 Å². The minimum Gasteiger partial charge on any atom is -0.304 e. The number of para-hydroxylation sites is 1. The predicted octanol–water partition coefficient (Wildman–Crippen LogP) is 4.18. The highest BCUT2D eigenvalue weighted by Gasteiger charge is 2.11. The Morgan fingerprint density at radius 2 is 1.96 bits per heavy atom. The zero-order valence-corrected chi connectivity index (χ0v) is 15.4. The maximum atomic E-state index is 12.4. The molecule has 3 aromatic heterocycles. The summed E-state index contributed by atoms with van der Waals surface area (Å²) >= 11 is 13.6. The van der Waals surface area contributed by atoms with Crippen LogP contribution in [0.4, 0.5) is 0 Å².